The average Bonchev–Trinajstić information content (AvgIpc) is 2.96. The van der Waals surface area contributed by atoms with E-state index in [0.717, 1.165) is 29.7 Å². The zero-order chi connectivity index (χ0) is 17.3. The lowest BCUT2D eigenvalue weighted by atomic mass is 10.0. The number of sulfone groups is 1. The molecule has 0 N–H and O–H groups in total. The number of amides is 1. The molecule has 1 aliphatic heterocycles. The average molecular weight is 347 g/mol. The van der Waals surface area contributed by atoms with E-state index in [1.54, 1.807) is 34.0 Å². The lowest BCUT2D eigenvalue weighted by Gasteiger charge is -2.30. The summed E-state index contributed by atoms with van der Waals surface area (Å²) in [5, 5.41) is 4.20. The highest BCUT2D eigenvalue weighted by atomic mass is 32.2. The SMILES string of the molecule is Cc1cnn(CCC(=O)N2CCCc3cc(S(C)(=O)=O)ccc32)c1. The van der Waals surface area contributed by atoms with Crippen LogP contribution in [-0.2, 0) is 27.6 Å². The van der Waals surface area contributed by atoms with Gasteiger partial charge in [0.15, 0.2) is 9.84 Å². The Morgan fingerprint density at radius 3 is 2.79 bits per heavy atom. The van der Waals surface area contributed by atoms with Crippen LogP contribution in [0.15, 0.2) is 35.5 Å². The Balaban J connectivity index is 1.77. The maximum atomic E-state index is 12.6. The van der Waals surface area contributed by atoms with Gasteiger partial charge in [-0.3, -0.25) is 9.48 Å². The van der Waals surface area contributed by atoms with Crippen molar-refractivity contribution in [3.8, 4) is 0 Å². The lowest BCUT2D eigenvalue weighted by molar-refractivity contribution is -0.119. The zero-order valence-electron chi connectivity index (χ0n) is 13.9. The highest BCUT2D eigenvalue weighted by Gasteiger charge is 2.23. The second-order valence-corrected chi connectivity index (χ2v) is 8.26. The molecule has 0 radical (unpaired) electrons. The van der Waals surface area contributed by atoms with Crippen molar-refractivity contribution in [2.75, 3.05) is 17.7 Å². The van der Waals surface area contributed by atoms with Crippen LogP contribution in [-0.4, -0.2) is 36.9 Å². The normalized spacial score (nSPS) is 14.5. The standard InChI is InChI=1S/C17H21N3O3S/c1-13-11-18-19(12-13)9-7-17(21)20-8-3-4-14-10-15(24(2,22)23)5-6-16(14)20/h5-6,10-12H,3-4,7-9H2,1-2H3. The van der Waals surface area contributed by atoms with Gasteiger partial charge in [-0.05, 0) is 49.1 Å². The Kier molecular flexibility index (Phi) is 4.45. The second-order valence-electron chi connectivity index (χ2n) is 6.24. The summed E-state index contributed by atoms with van der Waals surface area (Å²) in [7, 11) is -3.23. The molecule has 128 valence electrons. The van der Waals surface area contributed by atoms with E-state index in [1.807, 2.05) is 13.1 Å². The molecular formula is C17H21N3O3S. The number of benzene rings is 1. The highest BCUT2D eigenvalue weighted by molar-refractivity contribution is 7.90. The van der Waals surface area contributed by atoms with Crippen LogP contribution in [0, 0.1) is 6.92 Å². The summed E-state index contributed by atoms with van der Waals surface area (Å²) in [6, 6.07) is 5.03. The molecule has 0 atom stereocenters. The molecule has 1 aromatic heterocycles. The third-order valence-electron chi connectivity index (χ3n) is 4.22. The van der Waals surface area contributed by atoms with E-state index in [9.17, 15) is 13.2 Å². The van der Waals surface area contributed by atoms with E-state index in [-0.39, 0.29) is 5.91 Å². The molecule has 0 aliphatic carbocycles. The summed E-state index contributed by atoms with van der Waals surface area (Å²) in [5.41, 5.74) is 2.82. The predicted molar refractivity (Wildman–Crippen MR) is 91.8 cm³/mol. The number of hydrogen-bond donors (Lipinski definition) is 0. The molecule has 0 fully saturated rings. The van der Waals surface area contributed by atoms with Crippen molar-refractivity contribution in [3.05, 3.63) is 41.7 Å². The van der Waals surface area contributed by atoms with Crippen molar-refractivity contribution in [1.29, 1.82) is 0 Å². The number of hydrogen-bond acceptors (Lipinski definition) is 4. The van der Waals surface area contributed by atoms with Crippen molar-refractivity contribution in [3.63, 3.8) is 0 Å². The lowest BCUT2D eigenvalue weighted by Crippen LogP contribution is -2.36. The molecule has 2 heterocycles. The second kappa shape index (κ2) is 6.39. The van der Waals surface area contributed by atoms with E-state index in [4.69, 9.17) is 0 Å². The fraction of sp³-hybridized carbons (Fsp3) is 0.412. The van der Waals surface area contributed by atoms with Gasteiger partial charge in [0, 0.05) is 37.7 Å². The summed E-state index contributed by atoms with van der Waals surface area (Å²) in [4.78, 5) is 14.7. The summed E-state index contributed by atoms with van der Waals surface area (Å²) < 4.78 is 25.2. The van der Waals surface area contributed by atoms with Gasteiger partial charge in [-0.25, -0.2) is 8.42 Å². The molecule has 24 heavy (non-hydrogen) atoms. The number of aromatic nitrogens is 2. The van der Waals surface area contributed by atoms with Gasteiger partial charge in [-0.1, -0.05) is 0 Å². The fourth-order valence-electron chi connectivity index (χ4n) is 3.00. The first kappa shape index (κ1) is 16.7. The van der Waals surface area contributed by atoms with Gasteiger partial charge in [-0.2, -0.15) is 5.10 Å². The summed E-state index contributed by atoms with van der Waals surface area (Å²) in [6.07, 6.45) is 6.89. The first-order valence-electron chi connectivity index (χ1n) is 7.97. The minimum atomic E-state index is -3.23. The van der Waals surface area contributed by atoms with Crippen LogP contribution in [0.3, 0.4) is 0 Å². The maximum Gasteiger partial charge on any atom is 0.228 e. The minimum absolute atomic E-state index is 0.0382. The van der Waals surface area contributed by atoms with Gasteiger partial charge in [0.1, 0.15) is 0 Å². The van der Waals surface area contributed by atoms with Crippen LogP contribution in [0.5, 0.6) is 0 Å². The number of anilines is 1. The fourth-order valence-corrected chi connectivity index (χ4v) is 3.67. The van der Waals surface area contributed by atoms with E-state index in [2.05, 4.69) is 5.10 Å². The Morgan fingerprint density at radius 2 is 2.12 bits per heavy atom. The van der Waals surface area contributed by atoms with Gasteiger partial charge in [0.2, 0.25) is 5.91 Å². The van der Waals surface area contributed by atoms with Crippen molar-refractivity contribution in [2.24, 2.45) is 0 Å². The molecule has 6 nitrogen and oxygen atoms in total. The Bertz CT molecular complexity index is 871. The molecule has 1 amide bonds. The molecule has 2 aromatic rings. The summed E-state index contributed by atoms with van der Waals surface area (Å²) in [6.45, 7) is 3.17. The van der Waals surface area contributed by atoms with E-state index >= 15 is 0 Å². The van der Waals surface area contributed by atoms with E-state index in [0.29, 0.717) is 24.4 Å². The number of carbonyl (C=O) groups is 1. The highest BCUT2D eigenvalue weighted by Crippen LogP contribution is 2.30. The topological polar surface area (TPSA) is 72.3 Å². The van der Waals surface area contributed by atoms with Crippen LogP contribution < -0.4 is 4.90 Å². The molecule has 0 saturated carbocycles. The molecule has 1 aromatic carbocycles. The first-order chi connectivity index (χ1) is 11.3. The number of fused-ring (bicyclic) bond motifs is 1. The van der Waals surface area contributed by atoms with Crippen LogP contribution >= 0.6 is 0 Å². The van der Waals surface area contributed by atoms with Crippen molar-refractivity contribution in [1.82, 2.24) is 9.78 Å². The van der Waals surface area contributed by atoms with Gasteiger partial charge >= 0.3 is 0 Å². The van der Waals surface area contributed by atoms with Crippen LogP contribution in [0.1, 0.15) is 24.0 Å². The van der Waals surface area contributed by atoms with Gasteiger partial charge in [0.05, 0.1) is 11.1 Å². The molecule has 0 bridgehead atoms. The number of nitrogens with zero attached hydrogens (tertiary/aromatic N) is 3. The summed E-state index contributed by atoms with van der Waals surface area (Å²) >= 11 is 0. The van der Waals surface area contributed by atoms with Crippen LogP contribution in [0.25, 0.3) is 0 Å². The number of aryl methyl sites for hydroxylation is 3. The summed E-state index contributed by atoms with van der Waals surface area (Å²) in [5.74, 6) is 0.0382. The molecule has 0 spiro atoms. The Labute approximate surface area is 142 Å². The van der Waals surface area contributed by atoms with Crippen molar-refractivity contribution < 1.29 is 13.2 Å². The molecule has 0 saturated heterocycles. The third kappa shape index (κ3) is 3.51. The van der Waals surface area contributed by atoms with E-state index < -0.39 is 9.84 Å². The van der Waals surface area contributed by atoms with E-state index in [1.165, 1.54) is 6.26 Å². The Hall–Kier alpha value is -2.15. The number of carbonyl (C=O) groups excluding carboxylic acids is 1. The van der Waals surface area contributed by atoms with Crippen molar-refractivity contribution >= 4 is 21.4 Å². The van der Waals surface area contributed by atoms with Crippen LogP contribution in [0.4, 0.5) is 5.69 Å². The molecule has 0 unspecified atom stereocenters. The predicted octanol–water partition coefficient (Wildman–Crippen LogP) is 1.96. The third-order valence-corrected chi connectivity index (χ3v) is 5.33. The van der Waals surface area contributed by atoms with Crippen molar-refractivity contribution in [2.45, 2.75) is 37.6 Å². The largest absolute Gasteiger partial charge is 0.312 e. The quantitative estimate of drug-likeness (QED) is 0.848. The first-order valence-corrected chi connectivity index (χ1v) is 9.86. The molecular weight excluding hydrogens is 326 g/mol. The van der Waals surface area contributed by atoms with Gasteiger partial charge in [-0.15, -0.1) is 0 Å². The monoisotopic (exact) mass is 347 g/mol. The maximum absolute atomic E-state index is 12.6. The van der Waals surface area contributed by atoms with Gasteiger partial charge < -0.3 is 4.90 Å². The zero-order valence-corrected chi connectivity index (χ0v) is 14.7. The molecule has 1 aliphatic rings. The number of rotatable bonds is 4. The smallest absolute Gasteiger partial charge is 0.228 e. The Morgan fingerprint density at radius 1 is 1.33 bits per heavy atom. The molecule has 7 heteroatoms. The van der Waals surface area contributed by atoms with Crippen LogP contribution in [0.2, 0.25) is 0 Å². The molecule has 3 rings (SSSR count). The minimum Gasteiger partial charge on any atom is -0.312 e. The van der Waals surface area contributed by atoms with Gasteiger partial charge in [0.25, 0.3) is 0 Å².